The number of carbonyl (C=O) groups excluding carboxylic acids is 1. The van der Waals surface area contributed by atoms with Crippen LogP contribution in [0.3, 0.4) is 0 Å². The van der Waals surface area contributed by atoms with E-state index >= 15 is 0 Å². The molecule has 0 saturated carbocycles. The summed E-state index contributed by atoms with van der Waals surface area (Å²) in [6.45, 7) is 0. The van der Waals surface area contributed by atoms with Crippen LogP contribution in [-0.4, -0.2) is 31.1 Å². The fraction of sp³-hybridized carbons (Fsp3) is 0.125. The van der Waals surface area contributed by atoms with Gasteiger partial charge in [0.15, 0.2) is 0 Å². The van der Waals surface area contributed by atoms with Crippen LogP contribution in [0, 0.1) is 10.1 Å². The van der Waals surface area contributed by atoms with Crippen LogP contribution in [-0.2, 0) is 0 Å². The van der Waals surface area contributed by atoms with E-state index in [0.29, 0.717) is 0 Å². The van der Waals surface area contributed by atoms with Crippen molar-refractivity contribution >= 4 is 29.2 Å². The quantitative estimate of drug-likeness (QED) is 0.377. The molecular weight excluding hydrogens is 310 g/mol. The van der Waals surface area contributed by atoms with Crippen molar-refractivity contribution < 1.29 is 9.72 Å². The van der Waals surface area contributed by atoms with Crippen molar-refractivity contribution in [3.8, 4) is 0 Å². The SMILES string of the molecule is CN(C)c1ccc(/C=N\NC(=O)c2cc(N)cc([N+](=O)[O-])c2)cc1. The van der Waals surface area contributed by atoms with Gasteiger partial charge in [-0.1, -0.05) is 12.1 Å². The number of nitrogen functional groups attached to an aromatic ring is 1. The second-order valence-corrected chi connectivity index (χ2v) is 5.26. The third kappa shape index (κ3) is 4.29. The summed E-state index contributed by atoms with van der Waals surface area (Å²) in [5.74, 6) is -0.577. The van der Waals surface area contributed by atoms with Crippen LogP contribution in [0.2, 0.25) is 0 Å². The van der Waals surface area contributed by atoms with Gasteiger partial charge < -0.3 is 10.6 Å². The van der Waals surface area contributed by atoms with Crippen LogP contribution in [0.1, 0.15) is 15.9 Å². The fourth-order valence-electron chi connectivity index (χ4n) is 1.96. The molecule has 0 bridgehead atoms. The number of rotatable bonds is 5. The number of nitrogens with two attached hydrogens (primary N) is 1. The first kappa shape index (κ1) is 16.9. The number of anilines is 2. The van der Waals surface area contributed by atoms with E-state index in [9.17, 15) is 14.9 Å². The molecule has 0 aliphatic rings. The van der Waals surface area contributed by atoms with E-state index in [0.717, 1.165) is 17.3 Å². The Morgan fingerprint density at radius 1 is 1.25 bits per heavy atom. The van der Waals surface area contributed by atoms with Crippen LogP contribution in [0.25, 0.3) is 0 Å². The Labute approximate surface area is 138 Å². The van der Waals surface area contributed by atoms with Gasteiger partial charge in [0, 0.05) is 37.6 Å². The van der Waals surface area contributed by atoms with Gasteiger partial charge in [-0.05, 0) is 23.8 Å². The highest BCUT2D eigenvalue weighted by molar-refractivity contribution is 5.96. The average molecular weight is 327 g/mol. The molecule has 2 rings (SSSR count). The Kier molecular flexibility index (Phi) is 5.10. The summed E-state index contributed by atoms with van der Waals surface area (Å²) in [5, 5.41) is 14.6. The summed E-state index contributed by atoms with van der Waals surface area (Å²) in [4.78, 5) is 24.1. The molecule has 124 valence electrons. The first-order valence-corrected chi connectivity index (χ1v) is 7.02. The highest BCUT2D eigenvalue weighted by atomic mass is 16.6. The van der Waals surface area contributed by atoms with Crippen molar-refractivity contribution in [1.29, 1.82) is 0 Å². The highest BCUT2D eigenvalue weighted by Crippen LogP contribution is 2.18. The van der Waals surface area contributed by atoms with Crippen LogP contribution < -0.4 is 16.1 Å². The lowest BCUT2D eigenvalue weighted by Crippen LogP contribution is -2.18. The zero-order chi connectivity index (χ0) is 17.7. The van der Waals surface area contributed by atoms with Gasteiger partial charge in [0.1, 0.15) is 0 Å². The number of carbonyl (C=O) groups is 1. The molecule has 1 amide bonds. The summed E-state index contributed by atoms with van der Waals surface area (Å²) in [5.41, 5.74) is 9.70. The fourth-order valence-corrected chi connectivity index (χ4v) is 1.96. The van der Waals surface area contributed by atoms with Crippen molar-refractivity contribution in [1.82, 2.24) is 5.43 Å². The topological polar surface area (TPSA) is 114 Å². The Balaban J connectivity index is 2.06. The van der Waals surface area contributed by atoms with E-state index in [1.807, 2.05) is 43.3 Å². The highest BCUT2D eigenvalue weighted by Gasteiger charge is 2.13. The number of hydrazone groups is 1. The second kappa shape index (κ2) is 7.23. The number of hydrogen-bond acceptors (Lipinski definition) is 6. The summed E-state index contributed by atoms with van der Waals surface area (Å²) >= 11 is 0. The Hall–Kier alpha value is -3.42. The third-order valence-corrected chi connectivity index (χ3v) is 3.20. The maximum absolute atomic E-state index is 12.0. The molecule has 0 radical (unpaired) electrons. The molecule has 0 aliphatic heterocycles. The van der Waals surface area contributed by atoms with Gasteiger partial charge in [-0.15, -0.1) is 0 Å². The molecule has 2 aromatic carbocycles. The van der Waals surface area contributed by atoms with Crippen molar-refractivity contribution in [3.63, 3.8) is 0 Å². The molecule has 8 nitrogen and oxygen atoms in total. The van der Waals surface area contributed by atoms with Gasteiger partial charge in [-0.3, -0.25) is 14.9 Å². The first-order valence-electron chi connectivity index (χ1n) is 7.02. The molecule has 0 atom stereocenters. The minimum atomic E-state index is -0.608. The van der Waals surface area contributed by atoms with E-state index in [-0.39, 0.29) is 16.9 Å². The largest absolute Gasteiger partial charge is 0.399 e. The predicted molar refractivity (Wildman–Crippen MR) is 93.3 cm³/mol. The monoisotopic (exact) mass is 327 g/mol. The van der Waals surface area contributed by atoms with Crippen molar-refractivity contribution in [2.45, 2.75) is 0 Å². The zero-order valence-electron chi connectivity index (χ0n) is 13.3. The molecule has 2 aromatic rings. The number of nitrogens with zero attached hydrogens (tertiary/aromatic N) is 3. The molecule has 0 aliphatic carbocycles. The lowest BCUT2D eigenvalue weighted by molar-refractivity contribution is -0.384. The van der Waals surface area contributed by atoms with Crippen LogP contribution in [0.4, 0.5) is 17.1 Å². The Bertz CT molecular complexity index is 785. The van der Waals surface area contributed by atoms with Gasteiger partial charge in [0.25, 0.3) is 11.6 Å². The standard InChI is InChI=1S/C16H17N5O3/c1-20(2)14-5-3-11(4-6-14)10-18-19-16(22)12-7-13(17)9-15(8-12)21(23)24/h3-10H,17H2,1-2H3,(H,19,22)/b18-10-. The number of non-ortho nitro benzene ring substituents is 1. The smallest absolute Gasteiger partial charge is 0.272 e. The van der Waals surface area contributed by atoms with Gasteiger partial charge in [0.05, 0.1) is 16.7 Å². The molecule has 8 heteroatoms. The molecular formula is C16H17N5O3. The van der Waals surface area contributed by atoms with E-state index in [4.69, 9.17) is 5.73 Å². The first-order chi connectivity index (χ1) is 11.4. The molecule has 0 aromatic heterocycles. The van der Waals surface area contributed by atoms with Crippen molar-refractivity contribution in [2.75, 3.05) is 24.7 Å². The second-order valence-electron chi connectivity index (χ2n) is 5.26. The van der Waals surface area contributed by atoms with E-state index in [1.165, 1.54) is 18.3 Å². The van der Waals surface area contributed by atoms with E-state index in [2.05, 4.69) is 10.5 Å². The summed E-state index contributed by atoms with van der Waals surface area (Å²) in [7, 11) is 3.88. The minimum Gasteiger partial charge on any atom is -0.399 e. The number of benzene rings is 2. The predicted octanol–water partition coefficient (Wildman–Crippen LogP) is 2.01. The van der Waals surface area contributed by atoms with Crippen molar-refractivity contribution in [3.05, 3.63) is 63.7 Å². The molecule has 24 heavy (non-hydrogen) atoms. The average Bonchev–Trinajstić information content (AvgIpc) is 2.54. The maximum Gasteiger partial charge on any atom is 0.272 e. The van der Waals surface area contributed by atoms with Crippen LogP contribution in [0.15, 0.2) is 47.6 Å². The zero-order valence-corrected chi connectivity index (χ0v) is 13.3. The van der Waals surface area contributed by atoms with Crippen LogP contribution >= 0.6 is 0 Å². The van der Waals surface area contributed by atoms with Gasteiger partial charge >= 0.3 is 0 Å². The van der Waals surface area contributed by atoms with E-state index in [1.54, 1.807) is 0 Å². The van der Waals surface area contributed by atoms with Crippen LogP contribution in [0.5, 0.6) is 0 Å². The van der Waals surface area contributed by atoms with Gasteiger partial charge in [0.2, 0.25) is 0 Å². The number of amides is 1. The summed E-state index contributed by atoms with van der Waals surface area (Å²) in [6, 6.07) is 11.2. The van der Waals surface area contributed by atoms with E-state index < -0.39 is 10.8 Å². The molecule has 0 spiro atoms. The number of nitrogens with one attached hydrogen (secondary N) is 1. The molecule has 0 saturated heterocycles. The minimum absolute atomic E-state index is 0.0711. The Morgan fingerprint density at radius 3 is 2.50 bits per heavy atom. The molecule has 0 unspecified atom stereocenters. The summed E-state index contributed by atoms with van der Waals surface area (Å²) in [6.07, 6.45) is 1.48. The molecule has 0 fully saturated rings. The summed E-state index contributed by atoms with van der Waals surface area (Å²) < 4.78 is 0. The van der Waals surface area contributed by atoms with Gasteiger partial charge in [-0.2, -0.15) is 5.10 Å². The normalized spacial score (nSPS) is 10.6. The Morgan fingerprint density at radius 2 is 1.92 bits per heavy atom. The van der Waals surface area contributed by atoms with Crippen molar-refractivity contribution in [2.24, 2.45) is 5.10 Å². The maximum atomic E-state index is 12.0. The number of nitro benzene ring substituents is 1. The van der Waals surface area contributed by atoms with Gasteiger partial charge in [-0.25, -0.2) is 5.43 Å². The number of hydrogen-bond donors (Lipinski definition) is 2. The number of nitro groups is 1. The lowest BCUT2D eigenvalue weighted by Gasteiger charge is -2.11. The molecule has 3 N–H and O–H groups in total. The third-order valence-electron chi connectivity index (χ3n) is 3.20. The lowest BCUT2D eigenvalue weighted by atomic mass is 10.1. The molecule has 0 heterocycles.